The number of hydrogen-bond acceptors (Lipinski definition) is 6. The first-order valence-corrected chi connectivity index (χ1v) is 9.74. The van der Waals surface area contributed by atoms with Crippen molar-refractivity contribution in [3.8, 4) is 17.3 Å². The van der Waals surface area contributed by atoms with Gasteiger partial charge in [-0.1, -0.05) is 48.0 Å². The lowest BCUT2D eigenvalue weighted by Gasteiger charge is -2.14. The van der Waals surface area contributed by atoms with Crippen molar-refractivity contribution in [2.75, 3.05) is 5.32 Å². The Labute approximate surface area is 178 Å². The Bertz CT molecular complexity index is 1130. The monoisotopic (exact) mass is 422 g/mol. The highest BCUT2D eigenvalue weighted by molar-refractivity contribution is 6.31. The first kappa shape index (κ1) is 19.7. The summed E-state index contributed by atoms with van der Waals surface area (Å²) in [6, 6.07) is 20.0. The molecule has 8 heteroatoms. The SMILES string of the molecule is C[C@H](Oc1ccccc1)C(=O)n1nc(-c2ccco2)nc1NCc1ccccc1Cl. The number of hydrogen-bond donors (Lipinski definition) is 1. The topological polar surface area (TPSA) is 82.2 Å². The molecule has 0 aliphatic carbocycles. The van der Waals surface area contributed by atoms with Crippen LogP contribution in [-0.4, -0.2) is 26.8 Å². The lowest BCUT2D eigenvalue weighted by molar-refractivity contribution is 0.0713. The molecule has 2 aromatic carbocycles. The summed E-state index contributed by atoms with van der Waals surface area (Å²) in [5.41, 5.74) is 0.870. The van der Waals surface area contributed by atoms with Gasteiger partial charge in [-0.2, -0.15) is 9.67 Å². The molecule has 0 amide bonds. The second-order valence-electron chi connectivity index (χ2n) is 6.50. The normalized spacial score (nSPS) is 11.8. The van der Waals surface area contributed by atoms with Gasteiger partial charge in [-0.25, -0.2) is 0 Å². The second-order valence-corrected chi connectivity index (χ2v) is 6.91. The third-order valence-corrected chi connectivity index (χ3v) is 4.72. The number of nitrogens with zero attached hydrogens (tertiary/aromatic N) is 3. The summed E-state index contributed by atoms with van der Waals surface area (Å²) in [4.78, 5) is 17.5. The molecule has 30 heavy (non-hydrogen) atoms. The van der Waals surface area contributed by atoms with Gasteiger partial charge >= 0.3 is 0 Å². The van der Waals surface area contributed by atoms with E-state index in [2.05, 4.69) is 15.4 Å². The van der Waals surface area contributed by atoms with Crippen molar-refractivity contribution >= 4 is 23.5 Å². The summed E-state index contributed by atoms with van der Waals surface area (Å²) in [7, 11) is 0. The van der Waals surface area contributed by atoms with E-state index in [1.54, 1.807) is 37.3 Å². The number of furan rings is 1. The molecule has 4 rings (SSSR count). The zero-order valence-electron chi connectivity index (χ0n) is 16.2. The Balaban J connectivity index is 1.60. The van der Waals surface area contributed by atoms with Crippen molar-refractivity contribution in [1.29, 1.82) is 0 Å². The van der Waals surface area contributed by atoms with E-state index in [0.29, 0.717) is 28.9 Å². The quantitative estimate of drug-likeness (QED) is 0.455. The van der Waals surface area contributed by atoms with Crippen molar-refractivity contribution < 1.29 is 13.9 Å². The number of nitrogens with one attached hydrogen (secondary N) is 1. The predicted molar refractivity (Wildman–Crippen MR) is 114 cm³/mol. The van der Waals surface area contributed by atoms with Gasteiger partial charge in [0.2, 0.25) is 11.8 Å². The third kappa shape index (κ3) is 4.36. The van der Waals surface area contributed by atoms with Crippen molar-refractivity contribution in [1.82, 2.24) is 14.8 Å². The van der Waals surface area contributed by atoms with Crippen LogP contribution < -0.4 is 10.1 Å². The van der Waals surface area contributed by atoms with E-state index < -0.39 is 6.10 Å². The molecule has 0 bridgehead atoms. The van der Waals surface area contributed by atoms with Gasteiger partial charge in [-0.05, 0) is 42.8 Å². The molecule has 1 atom stereocenters. The fourth-order valence-electron chi connectivity index (χ4n) is 2.83. The van der Waals surface area contributed by atoms with Crippen LogP contribution in [-0.2, 0) is 6.54 Å². The maximum atomic E-state index is 13.1. The van der Waals surface area contributed by atoms with Crippen molar-refractivity contribution in [2.24, 2.45) is 0 Å². The van der Waals surface area contributed by atoms with Crippen LogP contribution >= 0.6 is 11.6 Å². The highest BCUT2D eigenvalue weighted by Crippen LogP contribution is 2.21. The average molecular weight is 423 g/mol. The van der Waals surface area contributed by atoms with E-state index in [0.717, 1.165) is 5.56 Å². The second kappa shape index (κ2) is 8.84. The standard InChI is InChI=1S/C22H19ClN4O3/c1-15(30-17-9-3-2-4-10-17)21(28)27-22(24-14-16-8-5-6-11-18(16)23)25-20(26-27)19-12-7-13-29-19/h2-13,15H,14H2,1H3,(H,24,25,26)/t15-/m0/s1. The molecule has 0 unspecified atom stereocenters. The van der Waals surface area contributed by atoms with Gasteiger partial charge in [0.1, 0.15) is 5.75 Å². The molecule has 152 valence electrons. The van der Waals surface area contributed by atoms with Gasteiger partial charge in [0, 0.05) is 11.6 Å². The lowest BCUT2D eigenvalue weighted by Crippen LogP contribution is -2.31. The number of para-hydroxylation sites is 1. The van der Waals surface area contributed by atoms with Gasteiger partial charge in [0.15, 0.2) is 11.9 Å². The largest absolute Gasteiger partial charge is 0.481 e. The molecule has 0 fully saturated rings. The number of halogens is 1. The average Bonchev–Trinajstić information content (AvgIpc) is 3.43. The summed E-state index contributed by atoms with van der Waals surface area (Å²) in [5, 5.41) is 8.10. The Morgan fingerprint density at radius 3 is 2.63 bits per heavy atom. The summed E-state index contributed by atoms with van der Waals surface area (Å²) >= 11 is 6.24. The number of rotatable bonds is 7. The van der Waals surface area contributed by atoms with E-state index in [1.807, 2.05) is 36.4 Å². The molecule has 0 aliphatic rings. The van der Waals surface area contributed by atoms with Crippen molar-refractivity contribution in [3.05, 3.63) is 83.6 Å². The molecule has 0 saturated heterocycles. The van der Waals surface area contributed by atoms with E-state index in [9.17, 15) is 4.79 Å². The number of carbonyl (C=O) groups excluding carboxylic acids is 1. The summed E-state index contributed by atoms with van der Waals surface area (Å²) in [6.45, 7) is 2.04. The Morgan fingerprint density at radius 2 is 1.90 bits per heavy atom. The Morgan fingerprint density at radius 1 is 1.13 bits per heavy atom. The van der Waals surface area contributed by atoms with Crippen LogP contribution in [0.3, 0.4) is 0 Å². The molecule has 2 aromatic heterocycles. The van der Waals surface area contributed by atoms with Crippen LogP contribution in [0.2, 0.25) is 5.02 Å². The van der Waals surface area contributed by atoms with E-state index in [4.69, 9.17) is 20.8 Å². The fraction of sp³-hybridized carbons (Fsp3) is 0.136. The van der Waals surface area contributed by atoms with Crippen molar-refractivity contribution in [2.45, 2.75) is 19.6 Å². The summed E-state index contributed by atoms with van der Waals surface area (Å²) in [6.07, 6.45) is 0.745. The van der Waals surface area contributed by atoms with E-state index in [1.165, 1.54) is 10.9 Å². The van der Waals surface area contributed by atoms with E-state index in [-0.39, 0.29) is 11.9 Å². The number of carbonyl (C=O) groups is 1. The molecule has 1 N–H and O–H groups in total. The highest BCUT2D eigenvalue weighted by Gasteiger charge is 2.24. The molecule has 0 aliphatic heterocycles. The number of ether oxygens (including phenoxy) is 1. The van der Waals surface area contributed by atoms with Gasteiger partial charge in [-0.15, -0.1) is 5.10 Å². The van der Waals surface area contributed by atoms with Crippen LogP contribution in [0.15, 0.2) is 77.4 Å². The number of benzene rings is 2. The minimum atomic E-state index is -0.778. The summed E-state index contributed by atoms with van der Waals surface area (Å²) in [5.74, 6) is 1.25. The zero-order valence-corrected chi connectivity index (χ0v) is 16.9. The third-order valence-electron chi connectivity index (χ3n) is 4.36. The summed E-state index contributed by atoms with van der Waals surface area (Å²) < 4.78 is 12.3. The highest BCUT2D eigenvalue weighted by atomic mass is 35.5. The van der Waals surface area contributed by atoms with Crippen LogP contribution in [0, 0.1) is 0 Å². The van der Waals surface area contributed by atoms with Gasteiger partial charge in [0.25, 0.3) is 5.91 Å². The molecule has 0 spiro atoms. The minimum absolute atomic E-state index is 0.273. The van der Waals surface area contributed by atoms with Crippen LogP contribution in [0.25, 0.3) is 11.6 Å². The first-order chi connectivity index (χ1) is 14.6. The molecule has 2 heterocycles. The first-order valence-electron chi connectivity index (χ1n) is 9.36. The minimum Gasteiger partial charge on any atom is -0.481 e. The zero-order chi connectivity index (χ0) is 20.9. The Hall–Kier alpha value is -3.58. The fourth-order valence-corrected chi connectivity index (χ4v) is 3.03. The molecular weight excluding hydrogens is 404 g/mol. The predicted octanol–water partition coefficient (Wildman–Crippen LogP) is 4.91. The molecule has 4 aromatic rings. The van der Waals surface area contributed by atoms with Crippen LogP contribution in [0.5, 0.6) is 5.75 Å². The van der Waals surface area contributed by atoms with Crippen LogP contribution in [0.1, 0.15) is 17.3 Å². The smallest absolute Gasteiger partial charge is 0.290 e. The maximum Gasteiger partial charge on any atom is 0.290 e. The van der Waals surface area contributed by atoms with Gasteiger partial charge in [0.05, 0.1) is 6.26 Å². The molecule has 0 radical (unpaired) electrons. The number of anilines is 1. The molecular formula is C22H19ClN4O3. The molecule has 0 saturated carbocycles. The maximum absolute atomic E-state index is 13.1. The Kier molecular flexibility index (Phi) is 5.81. The van der Waals surface area contributed by atoms with E-state index >= 15 is 0 Å². The van der Waals surface area contributed by atoms with Gasteiger partial charge in [-0.3, -0.25) is 4.79 Å². The van der Waals surface area contributed by atoms with Crippen LogP contribution in [0.4, 0.5) is 5.95 Å². The number of aromatic nitrogens is 3. The van der Waals surface area contributed by atoms with Crippen molar-refractivity contribution in [3.63, 3.8) is 0 Å². The molecule has 7 nitrogen and oxygen atoms in total. The van der Waals surface area contributed by atoms with Gasteiger partial charge < -0.3 is 14.5 Å². The lowest BCUT2D eigenvalue weighted by atomic mass is 10.2.